The molecule has 0 aliphatic heterocycles. The molecule has 0 fully saturated rings. The van der Waals surface area contributed by atoms with Crippen LogP contribution in [0.15, 0.2) is 36.8 Å². The number of hydrogen-bond donors (Lipinski definition) is 0. The Balaban J connectivity index is 2.59. The Morgan fingerprint density at radius 3 is 2.09 bits per heavy atom. The van der Waals surface area contributed by atoms with Gasteiger partial charge in [0.2, 0.25) is 0 Å². The van der Waals surface area contributed by atoms with E-state index in [4.69, 9.17) is 14.2 Å². The molecule has 0 bridgehead atoms. The zero-order valence-electron chi connectivity index (χ0n) is 14.9. The Labute approximate surface area is 141 Å². The van der Waals surface area contributed by atoms with Gasteiger partial charge >= 0.3 is 0 Å². The molecule has 0 unspecified atom stereocenters. The van der Waals surface area contributed by atoms with Crippen LogP contribution in [0.4, 0.5) is 0 Å². The molecule has 3 heteroatoms. The first-order chi connectivity index (χ1) is 11.2. The second kappa shape index (κ2) is 11.8. The highest BCUT2D eigenvalue weighted by Crippen LogP contribution is 2.20. The van der Waals surface area contributed by atoms with Crippen molar-refractivity contribution in [1.82, 2.24) is 0 Å². The molecule has 0 atom stereocenters. The molecule has 0 aromatic heterocycles. The van der Waals surface area contributed by atoms with Crippen LogP contribution in [-0.4, -0.2) is 26.4 Å². The van der Waals surface area contributed by atoms with Crippen molar-refractivity contribution >= 4 is 11.1 Å². The molecule has 0 spiro atoms. The minimum absolute atomic E-state index is 0.681. The Kier molecular flexibility index (Phi) is 9.89. The van der Waals surface area contributed by atoms with Crippen molar-refractivity contribution in [3.63, 3.8) is 0 Å². The average molecular weight is 318 g/mol. The minimum atomic E-state index is 0.681. The molecule has 0 amide bonds. The van der Waals surface area contributed by atoms with Gasteiger partial charge in [0.25, 0.3) is 0 Å². The molecule has 0 aliphatic rings. The molecule has 0 saturated carbocycles. The lowest BCUT2D eigenvalue weighted by Gasteiger charge is -2.08. The molecule has 0 aliphatic carbocycles. The van der Waals surface area contributed by atoms with Gasteiger partial charge in [0.15, 0.2) is 0 Å². The van der Waals surface area contributed by atoms with E-state index in [1.165, 1.54) is 5.56 Å². The van der Waals surface area contributed by atoms with Crippen molar-refractivity contribution in [3.8, 4) is 0 Å². The van der Waals surface area contributed by atoms with E-state index < -0.39 is 0 Å². The van der Waals surface area contributed by atoms with E-state index in [1.807, 2.05) is 19.4 Å². The van der Waals surface area contributed by atoms with Crippen LogP contribution in [0.5, 0.6) is 0 Å². The average Bonchev–Trinajstić information content (AvgIpc) is 2.58. The van der Waals surface area contributed by atoms with Gasteiger partial charge in [-0.1, -0.05) is 25.1 Å². The Hall–Kier alpha value is -1.74. The Morgan fingerprint density at radius 2 is 1.52 bits per heavy atom. The van der Waals surface area contributed by atoms with Gasteiger partial charge in [0, 0.05) is 19.6 Å². The zero-order chi connectivity index (χ0) is 16.9. The number of ether oxygens (including phenoxy) is 3. The number of allylic oxidation sites excluding steroid dienone is 2. The monoisotopic (exact) mass is 318 g/mol. The Bertz CT molecular complexity index is 503. The summed E-state index contributed by atoms with van der Waals surface area (Å²) >= 11 is 0. The van der Waals surface area contributed by atoms with Gasteiger partial charge in [-0.15, -0.1) is 0 Å². The predicted octanol–water partition coefficient (Wildman–Crippen LogP) is 5.28. The van der Waals surface area contributed by atoms with Crippen LogP contribution in [0.25, 0.3) is 11.1 Å². The van der Waals surface area contributed by atoms with Crippen LogP contribution in [0.2, 0.25) is 0 Å². The van der Waals surface area contributed by atoms with Crippen LogP contribution in [0, 0.1) is 0 Å². The summed E-state index contributed by atoms with van der Waals surface area (Å²) in [6.45, 7) is 11.2. The van der Waals surface area contributed by atoms with E-state index in [2.05, 4.69) is 45.0 Å². The first kappa shape index (κ1) is 19.3. The highest BCUT2D eigenvalue weighted by molar-refractivity contribution is 5.70. The third kappa shape index (κ3) is 7.89. The largest absolute Gasteiger partial charge is 0.501 e. The van der Waals surface area contributed by atoms with Crippen molar-refractivity contribution in [2.24, 2.45) is 0 Å². The summed E-state index contributed by atoms with van der Waals surface area (Å²) in [6.07, 6.45) is 5.60. The topological polar surface area (TPSA) is 27.7 Å². The first-order valence-electron chi connectivity index (χ1n) is 8.44. The lowest BCUT2D eigenvalue weighted by molar-refractivity contribution is 0.122. The standard InChI is InChI=1S/C20H30O3/c1-5-11-22-15-17(3)19-9-7-10-20(14-19)18(4)16-23-13-8-12-21-6-2/h7,9-10,14-16H,5-6,8,11-13H2,1-4H3. The second-order valence-electron chi connectivity index (χ2n) is 5.47. The van der Waals surface area contributed by atoms with Crippen LogP contribution in [0.1, 0.15) is 51.7 Å². The molecule has 23 heavy (non-hydrogen) atoms. The van der Waals surface area contributed by atoms with E-state index >= 15 is 0 Å². The van der Waals surface area contributed by atoms with E-state index in [1.54, 1.807) is 0 Å². The SMILES string of the molecule is CCCOC=C(C)c1cccc(C(C)=COCCCOCC)c1. The van der Waals surface area contributed by atoms with Gasteiger partial charge in [-0.2, -0.15) is 0 Å². The van der Waals surface area contributed by atoms with E-state index in [-0.39, 0.29) is 0 Å². The second-order valence-corrected chi connectivity index (χ2v) is 5.47. The van der Waals surface area contributed by atoms with Gasteiger partial charge in [0.05, 0.1) is 25.7 Å². The maximum absolute atomic E-state index is 5.59. The third-order valence-corrected chi connectivity index (χ3v) is 3.37. The molecule has 128 valence electrons. The van der Waals surface area contributed by atoms with Crippen LogP contribution >= 0.6 is 0 Å². The maximum atomic E-state index is 5.59. The van der Waals surface area contributed by atoms with E-state index in [0.717, 1.165) is 49.4 Å². The molecular weight excluding hydrogens is 288 g/mol. The number of hydrogen-bond acceptors (Lipinski definition) is 3. The van der Waals surface area contributed by atoms with Gasteiger partial charge in [-0.05, 0) is 55.5 Å². The van der Waals surface area contributed by atoms with Gasteiger partial charge in [0.1, 0.15) is 0 Å². The summed E-state index contributed by atoms with van der Waals surface area (Å²) in [5.74, 6) is 0. The summed E-state index contributed by atoms with van der Waals surface area (Å²) in [5, 5.41) is 0. The number of benzene rings is 1. The van der Waals surface area contributed by atoms with E-state index in [9.17, 15) is 0 Å². The smallest absolute Gasteiger partial charge is 0.0895 e. The lowest BCUT2D eigenvalue weighted by Crippen LogP contribution is -1.98. The fourth-order valence-corrected chi connectivity index (χ4v) is 2.02. The molecular formula is C20H30O3. The first-order valence-corrected chi connectivity index (χ1v) is 8.44. The molecule has 0 heterocycles. The predicted molar refractivity (Wildman–Crippen MR) is 97.0 cm³/mol. The summed E-state index contributed by atoms with van der Waals surface area (Å²) in [4.78, 5) is 0. The fourth-order valence-electron chi connectivity index (χ4n) is 2.02. The highest BCUT2D eigenvalue weighted by atomic mass is 16.5. The van der Waals surface area contributed by atoms with Crippen molar-refractivity contribution < 1.29 is 14.2 Å². The lowest BCUT2D eigenvalue weighted by atomic mass is 10.0. The normalized spacial score (nSPS) is 12.3. The number of rotatable bonds is 11. The minimum Gasteiger partial charge on any atom is -0.501 e. The molecule has 3 nitrogen and oxygen atoms in total. The van der Waals surface area contributed by atoms with Crippen LogP contribution in [0.3, 0.4) is 0 Å². The fraction of sp³-hybridized carbons (Fsp3) is 0.500. The van der Waals surface area contributed by atoms with Crippen LogP contribution in [-0.2, 0) is 14.2 Å². The third-order valence-electron chi connectivity index (χ3n) is 3.37. The van der Waals surface area contributed by atoms with Gasteiger partial charge in [-0.3, -0.25) is 0 Å². The van der Waals surface area contributed by atoms with Gasteiger partial charge < -0.3 is 14.2 Å². The van der Waals surface area contributed by atoms with Crippen molar-refractivity contribution in [2.75, 3.05) is 26.4 Å². The zero-order valence-corrected chi connectivity index (χ0v) is 14.9. The molecule has 0 saturated heterocycles. The summed E-state index contributed by atoms with van der Waals surface area (Å²) < 4.78 is 16.4. The quantitative estimate of drug-likeness (QED) is 0.410. The molecule has 1 aromatic carbocycles. The Morgan fingerprint density at radius 1 is 0.913 bits per heavy atom. The molecule has 1 aromatic rings. The van der Waals surface area contributed by atoms with Crippen molar-refractivity contribution in [1.29, 1.82) is 0 Å². The maximum Gasteiger partial charge on any atom is 0.0895 e. The van der Waals surface area contributed by atoms with Gasteiger partial charge in [-0.25, -0.2) is 0 Å². The molecule has 0 N–H and O–H groups in total. The highest BCUT2D eigenvalue weighted by Gasteiger charge is 2.01. The van der Waals surface area contributed by atoms with E-state index in [0.29, 0.717) is 6.61 Å². The summed E-state index contributed by atoms with van der Waals surface area (Å²) in [5.41, 5.74) is 4.58. The molecule has 0 radical (unpaired) electrons. The summed E-state index contributed by atoms with van der Waals surface area (Å²) in [6, 6.07) is 8.42. The van der Waals surface area contributed by atoms with Crippen molar-refractivity contribution in [3.05, 3.63) is 47.9 Å². The van der Waals surface area contributed by atoms with Crippen molar-refractivity contribution in [2.45, 2.75) is 40.5 Å². The summed E-state index contributed by atoms with van der Waals surface area (Å²) in [7, 11) is 0. The van der Waals surface area contributed by atoms with Crippen LogP contribution < -0.4 is 0 Å². The molecule has 1 rings (SSSR count).